The van der Waals surface area contributed by atoms with Gasteiger partial charge in [-0.1, -0.05) is 17.3 Å². The molecule has 0 amide bonds. The molecule has 0 saturated heterocycles. The quantitative estimate of drug-likeness (QED) is 0.425. The number of ether oxygens (including phenoxy) is 2. The molecule has 0 saturated carbocycles. The van der Waals surface area contributed by atoms with Crippen molar-refractivity contribution in [2.75, 3.05) is 6.61 Å². The van der Waals surface area contributed by atoms with Crippen LogP contribution >= 0.6 is 0 Å². The van der Waals surface area contributed by atoms with Gasteiger partial charge in [0.2, 0.25) is 15.8 Å². The Morgan fingerprint density at radius 2 is 1.93 bits per heavy atom. The zero-order valence-corrected chi connectivity index (χ0v) is 16.0. The lowest BCUT2D eigenvalue weighted by molar-refractivity contribution is -0.386. The largest absolute Gasteiger partial charge is 0.493 e. The third-order valence-corrected chi connectivity index (χ3v) is 4.61. The van der Waals surface area contributed by atoms with Crippen LogP contribution in [0.2, 0.25) is 0 Å². The van der Waals surface area contributed by atoms with Crippen molar-refractivity contribution in [1.29, 1.82) is 0 Å². The number of sulfonamides is 1. The van der Waals surface area contributed by atoms with Gasteiger partial charge in [-0.05, 0) is 31.2 Å². The van der Waals surface area contributed by atoms with Gasteiger partial charge in [-0.2, -0.15) is 4.98 Å². The van der Waals surface area contributed by atoms with Gasteiger partial charge < -0.3 is 14.0 Å². The molecule has 12 heteroatoms. The van der Waals surface area contributed by atoms with Gasteiger partial charge in [-0.15, -0.1) is 0 Å². The van der Waals surface area contributed by atoms with Crippen LogP contribution in [-0.2, 0) is 16.6 Å². The van der Waals surface area contributed by atoms with Crippen LogP contribution in [-0.4, -0.2) is 30.1 Å². The van der Waals surface area contributed by atoms with Gasteiger partial charge in [0.05, 0.1) is 22.0 Å². The van der Waals surface area contributed by atoms with Gasteiger partial charge in [-0.3, -0.25) is 10.1 Å². The van der Waals surface area contributed by atoms with E-state index >= 15 is 0 Å². The number of benzene rings is 2. The molecule has 0 radical (unpaired) electrons. The molecule has 3 rings (SSSR count). The standard InChI is InChI=1S/C17H16N4O7S/c1-2-26-14-6-4-3-5-12(14)17-19-16(28-20-17)10-27-15-8-7-11(29(18,24)25)9-13(15)21(22)23/h3-9H,2,10H2,1H3,(H2,18,24,25). The topological polar surface area (TPSA) is 161 Å². The molecule has 1 aromatic heterocycles. The fourth-order valence-corrected chi connectivity index (χ4v) is 2.97. The van der Waals surface area contributed by atoms with Gasteiger partial charge >= 0.3 is 5.69 Å². The van der Waals surface area contributed by atoms with E-state index in [0.29, 0.717) is 17.9 Å². The summed E-state index contributed by atoms with van der Waals surface area (Å²) in [5.41, 5.74) is 0.0609. The maximum absolute atomic E-state index is 11.4. The number of rotatable bonds is 8. The number of nitrogens with zero attached hydrogens (tertiary/aromatic N) is 3. The van der Waals surface area contributed by atoms with Crippen LogP contribution in [0.25, 0.3) is 11.4 Å². The van der Waals surface area contributed by atoms with Crippen LogP contribution in [0.15, 0.2) is 51.9 Å². The highest BCUT2D eigenvalue weighted by molar-refractivity contribution is 7.89. The van der Waals surface area contributed by atoms with E-state index in [0.717, 1.165) is 18.2 Å². The van der Waals surface area contributed by atoms with E-state index in [-0.39, 0.29) is 24.1 Å². The van der Waals surface area contributed by atoms with E-state index in [9.17, 15) is 18.5 Å². The number of nitro groups is 1. The van der Waals surface area contributed by atoms with Crippen molar-refractivity contribution in [1.82, 2.24) is 10.1 Å². The molecule has 0 aliphatic heterocycles. The number of hydrogen-bond donors (Lipinski definition) is 1. The number of para-hydroxylation sites is 1. The Bertz CT molecular complexity index is 1140. The minimum absolute atomic E-state index is 0.0659. The van der Waals surface area contributed by atoms with Crippen LogP contribution in [0.1, 0.15) is 12.8 Å². The van der Waals surface area contributed by atoms with Crippen LogP contribution in [0.4, 0.5) is 5.69 Å². The summed E-state index contributed by atoms with van der Waals surface area (Å²) in [6.45, 7) is 2.04. The lowest BCUT2D eigenvalue weighted by Gasteiger charge is -2.06. The first-order valence-corrected chi connectivity index (χ1v) is 9.83. The SMILES string of the molecule is CCOc1ccccc1-c1noc(COc2ccc(S(N)(=O)=O)cc2[N+](=O)[O-])n1. The summed E-state index contributed by atoms with van der Waals surface area (Å²) in [4.78, 5) is 14.3. The van der Waals surface area contributed by atoms with Crippen LogP contribution in [0.3, 0.4) is 0 Å². The predicted octanol–water partition coefficient (Wildman–Crippen LogP) is 2.27. The molecule has 0 spiro atoms. The van der Waals surface area contributed by atoms with Crippen molar-refractivity contribution in [3.63, 3.8) is 0 Å². The van der Waals surface area contributed by atoms with E-state index in [1.54, 1.807) is 18.2 Å². The molecule has 0 aliphatic carbocycles. The molecule has 2 N–H and O–H groups in total. The fourth-order valence-electron chi connectivity index (χ4n) is 2.43. The lowest BCUT2D eigenvalue weighted by Crippen LogP contribution is -2.12. The lowest BCUT2D eigenvalue weighted by atomic mass is 10.2. The van der Waals surface area contributed by atoms with E-state index in [1.165, 1.54) is 0 Å². The summed E-state index contributed by atoms with van der Waals surface area (Å²) < 4.78 is 38.8. The molecule has 29 heavy (non-hydrogen) atoms. The van der Waals surface area contributed by atoms with Gasteiger partial charge in [0.25, 0.3) is 5.89 Å². The molecule has 3 aromatic rings. The molecular formula is C17H16N4O7S. The summed E-state index contributed by atoms with van der Waals surface area (Å²) in [5, 5.41) is 20.1. The Labute approximate surface area is 165 Å². The molecule has 0 atom stereocenters. The minimum atomic E-state index is -4.09. The molecule has 11 nitrogen and oxygen atoms in total. The Morgan fingerprint density at radius 1 is 1.17 bits per heavy atom. The first-order valence-electron chi connectivity index (χ1n) is 8.28. The third-order valence-electron chi connectivity index (χ3n) is 3.70. The van der Waals surface area contributed by atoms with Gasteiger partial charge in [0.1, 0.15) is 5.75 Å². The Balaban J connectivity index is 1.81. The number of nitrogens with two attached hydrogens (primary N) is 1. The average molecular weight is 420 g/mol. The second-order valence-electron chi connectivity index (χ2n) is 5.66. The number of hydrogen-bond acceptors (Lipinski definition) is 9. The average Bonchev–Trinajstić information content (AvgIpc) is 3.15. The molecule has 0 aliphatic rings. The molecule has 0 bridgehead atoms. The van der Waals surface area contributed by atoms with Crippen molar-refractivity contribution in [3.05, 3.63) is 58.5 Å². The molecule has 1 heterocycles. The highest BCUT2D eigenvalue weighted by atomic mass is 32.2. The van der Waals surface area contributed by atoms with Gasteiger partial charge in [0.15, 0.2) is 12.4 Å². The van der Waals surface area contributed by atoms with Crippen molar-refractivity contribution in [3.8, 4) is 22.9 Å². The van der Waals surface area contributed by atoms with Crippen molar-refractivity contribution < 1.29 is 27.3 Å². The maximum Gasteiger partial charge on any atom is 0.312 e. The molecule has 0 fully saturated rings. The normalized spacial score (nSPS) is 11.2. The highest BCUT2D eigenvalue weighted by Crippen LogP contribution is 2.31. The molecule has 2 aromatic carbocycles. The van der Waals surface area contributed by atoms with Gasteiger partial charge in [0, 0.05) is 6.07 Å². The molecule has 0 unspecified atom stereocenters. The van der Waals surface area contributed by atoms with Crippen molar-refractivity contribution in [2.45, 2.75) is 18.4 Å². The maximum atomic E-state index is 11.4. The first kappa shape index (κ1) is 20.2. The second kappa shape index (κ2) is 8.24. The summed E-state index contributed by atoms with van der Waals surface area (Å²) >= 11 is 0. The van der Waals surface area contributed by atoms with E-state index in [4.69, 9.17) is 19.1 Å². The predicted molar refractivity (Wildman–Crippen MR) is 99.7 cm³/mol. The Morgan fingerprint density at radius 3 is 2.62 bits per heavy atom. The number of aromatic nitrogens is 2. The first-order chi connectivity index (χ1) is 13.8. The van der Waals surface area contributed by atoms with Crippen LogP contribution in [0.5, 0.6) is 11.5 Å². The van der Waals surface area contributed by atoms with Crippen LogP contribution < -0.4 is 14.6 Å². The van der Waals surface area contributed by atoms with Crippen molar-refractivity contribution in [2.24, 2.45) is 5.14 Å². The number of nitro benzene ring substituents is 1. The smallest absolute Gasteiger partial charge is 0.312 e. The third kappa shape index (κ3) is 4.67. The summed E-state index contributed by atoms with van der Waals surface area (Å²) in [6, 6.07) is 10.2. The van der Waals surface area contributed by atoms with E-state index in [2.05, 4.69) is 10.1 Å². The van der Waals surface area contributed by atoms with Gasteiger partial charge in [-0.25, -0.2) is 13.6 Å². The Hall–Kier alpha value is -3.51. The Kier molecular flexibility index (Phi) is 5.75. The summed E-state index contributed by atoms with van der Waals surface area (Å²) in [6.07, 6.45) is 0. The number of primary sulfonamides is 1. The molecule has 152 valence electrons. The fraction of sp³-hybridized carbons (Fsp3) is 0.176. The zero-order chi connectivity index (χ0) is 21.0. The second-order valence-corrected chi connectivity index (χ2v) is 7.22. The van der Waals surface area contributed by atoms with E-state index in [1.807, 2.05) is 13.0 Å². The summed E-state index contributed by atoms with van der Waals surface area (Å²) in [5.74, 6) is 0.747. The van der Waals surface area contributed by atoms with E-state index < -0.39 is 25.5 Å². The van der Waals surface area contributed by atoms with Crippen LogP contribution in [0, 0.1) is 10.1 Å². The van der Waals surface area contributed by atoms with Crippen molar-refractivity contribution >= 4 is 15.7 Å². The highest BCUT2D eigenvalue weighted by Gasteiger charge is 2.21. The zero-order valence-electron chi connectivity index (χ0n) is 15.1. The summed E-state index contributed by atoms with van der Waals surface area (Å²) in [7, 11) is -4.09. The minimum Gasteiger partial charge on any atom is -0.493 e. The monoisotopic (exact) mass is 420 g/mol. The molecular weight excluding hydrogens is 404 g/mol.